The second-order valence-electron chi connectivity index (χ2n) is 4.99. The number of carbonyl (C=O) groups is 1. The van der Waals surface area contributed by atoms with E-state index in [1.54, 1.807) is 0 Å². The fourth-order valence-corrected chi connectivity index (χ4v) is 3.98. The molecule has 4 heteroatoms. The normalized spacial score (nSPS) is 20.6. The number of rotatable bonds is 1. The molecule has 0 aromatic heterocycles. The van der Waals surface area contributed by atoms with Gasteiger partial charge in [-0.25, -0.2) is 0 Å². The van der Waals surface area contributed by atoms with E-state index in [4.69, 9.17) is 4.74 Å². The van der Waals surface area contributed by atoms with Crippen LogP contribution in [0.3, 0.4) is 0 Å². The molecule has 1 aromatic carbocycles. The van der Waals surface area contributed by atoms with E-state index in [0.717, 1.165) is 39.1 Å². The molecule has 2 aliphatic rings. The first-order valence-electron chi connectivity index (χ1n) is 10.1. The first kappa shape index (κ1) is 38.8. The molecule has 0 amide bonds. The number of benzene rings is 1. The first-order chi connectivity index (χ1) is 12.6. The molecule has 0 saturated carbocycles. The average Bonchev–Trinajstić information content (AvgIpc) is 3.19. The Bertz CT molecular complexity index is 517. The molecule has 29 heavy (non-hydrogen) atoms. The van der Waals surface area contributed by atoms with Gasteiger partial charge in [-0.2, -0.15) is 0 Å². The summed E-state index contributed by atoms with van der Waals surface area (Å²) in [6.07, 6.45) is 2.96. The molecule has 2 aliphatic heterocycles. The van der Waals surface area contributed by atoms with Crippen LogP contribution in [-0.2, 0) is 9.53 Å². The molecule has 1 spiro atoms. The minimum atomic E-state index is -0.429. The summed E-state index contributed by atoms with van der Waals surface area (Å²) in [7, 11) is 2.10. The van der Waals surface area contributed by atoms with Crippen LogP contribution < -0.4 is 0 Å². The van der Waals surface area contributed by atoms with E-state index in [1.807, 2.05) is 73.6 Å². The summed E-state index contributed by atoms with van der Waals surface area (Å²) in [5.74, 6) is -0.117. The Kier molecular flexibility index (Phi) is 29.2. The Morgan fingerprint density at radius 1 is 0.931 bits per heavy atom. The molecule has 3 nitrogen and oxygen atoms in total. The molecule has 3 rings (SSSR count). The maximum absolute atomic E-state index is 11.7. The van der Waals surface area contributed by atoms with Crippen LogP contribution in [0.5, 0.6) is 0 Å². The molecule has 0 bridgehead atoms. The van der Waals surface area contributed by atoms with Crippen molar-refractivity contribution in [2.24, 2.45) is 0 Å². The van der Waals surface area contributed by atoms with Gasteiger partial charge >= 0.3 is 120 Å². The van der Waals surface area contributed by atoms with E-state index in [2.05, 4.69) is 30.2 Å². The Labute approximate surface area is 197 Å². The Balaban J connectivity index is -0.000000157. The van der Waals surface area contributed by atoms with E-state index in [0.29, 0.717) is 0 Å². The molecule has 0 N–H and O–H groups in total. The molecule has 1 fully saturated rings. The third-order valence-electron chi connectivity index (χ3n) is 3.79. The van der Waals surface area contributed by atoms with Gasteiger partial charge in [-0.1, -0.05) is 77.7 Å². The molecular formula is C25H51NO2Sn. The van der Waals surface area contributed by atoms with E-state index in [1.165, 1.54) is 5.56 Å². The zero-order valence-corrected chi connectivity index (χ0v) is 21.6. The van der Waals surface area contributed by atoms with Crippen molar-refractivity contribution < 1.29 is 9.53 Å². The van der Waals surface area contributed by atoms with Crippen molar-refractivity contribution in [3.05, 3.63) is 45.6 Å². The van der Waals surface area contributed by atoms with Gasteiger partial charge in [0.2, 0.25) is 0 Å². The predicted molar refractivity (Wildman–Crippen MR) is 136 cm³/mol. The van der Waals surface area contributed by atoms with Crippen LogP contribution in [0.2, 0.25) is 0 Å². The summed E-state index contributed by atoms with van der Waals surface area (Å²) < 4.78 is 6.58. The van der Waals surface area contributed by atoms with Crippen LogP contribution in [0.25, 0.3) is 0 Å². The molecule has 1 saturated heterocycles. The third-order valence-corrected chi connectivity index (χ3v) is 4.94. The van der Waals surface area contributed by atoms with E-state index < -0.39 is 5.60 Å². The number of carbonyl (C=O) groups excluding carboxylic acids is 1. The number of likely N-dealkylation sites (tertiary alicyclic amines) is 1. The Morgan fingerprint density at radius 2 is 1.38 bits per heavy atom. The van der Waals surface area contributed by atoms with Gasteiger partial charge < -0.3 is 0 Å². The van der Waals surface area contributed by atoms with Crippen LogP contribution in [0.15, 0.2) is 40.0 Å². The molecule has 172 valence electrons. The van der Waals surface area contributed by atoms with Crippen molar-refractivity contribution in [3.63, 3.8) is 0 Å². The summed E-state index contributed by atoms with van der Waals surface area (Å²) in [6, 6.07) is 10.5. The van der Waals surface area contributed by atoms with E-state index >= 15 is 0 Å². The molecular weight excluding hydrogens is 465 g/mol. The number of likely N-dealkylation sites (N-methyl/N-ethyl adjacent to an activating group) is 1. The zero-order valence-electron chi connectivity index (χ0n) is 18.3. The van der Waals surface area contributed by atoms with Crippen molar-refractivity contribution >= 4 is 28.5 Å². The molecule has 2 radical (unpaired) electrons. The molecule has 0 aliphatic carbocycles. The van der Waals surface area contributed by atoms with Crippen LogP contribution in [-0.4, -0.2) is 52.6 Å². The van der Waals surface area contributed by atoms with Gasteiger partial charge in [0.05, 0.1) is 0 Å². The quantitative estimate of drug-likeness (QED) is 0.293. The number of nitrogens with zero attached hydrogens (tertiary/aromatic N) is 1. The second-order valence-corrected chi connectivity index (χ2v) is 6.76. The fraction of sp³-hybridized carbons (Fsp3) is 0.640. The third kappa shape index (κ3) is 10.2. The van der Waals surface area contributed by atoms with Gasteiger partial charge in [-0.3, -0.25) is 0 Å². The van der Waals surface area contributed by atoms with Gasteiger partial charge in [0.15, 0.2) is 0 Å². The van der Waals surface area contributed by atoms with Gasteiger partial charge in [-0.15, -0.1) is 0 Å². The Morgan fingerprint density at radius 3 is 1.76 bits per heavy atom. The number of hydrogen-bond donors (Lipinski definition) is 0. The summed E-state index contributed by atoms with van der Waals surface area (Å²) in [6.45, 7) is 17.0. The van der Waals surface area contributed by atoms with Gasteiger partial charge in [0.1, 0.15) is 0 Å². The minimum absolute atomic E-state index is 0. The number of hydrogen-bond acceptors (Lipinski definition) is 3. The van der Waals surface area contributed by atoms with Crippen LogP contribution >= 0.6 is 0 Å². The summed E-state index contributed by atoms with van der Waals surface area (Å²) >= 11 is 0.828. The summed E-state index contributed by atoms with van der Waals surface area (Å²) in [5.41, 5.74) is 0.791. The van der Waals surface area contributed by atoms with Crippen molar-refractivity contribution in [3.8, 4) is 0 Å². The standard InChI is InChI=1S/C14H14NO2.4C2H6.3CH4.Sn.H/c1-15-10-9-14(8-7-12(16)17-14)13(15)11-5-3-2-4-6-11;4*1-2;;;;;/h2-6,8,13H,9-10H2,1H3;4*1-2H3;3*1H4;;/t13-,14-;;;;;;;;;/m0........./s1. The molecule has 2 heterocycles. The summed E-state index contributed by atoms with van der Waals surface area (Å²) in [5, 5.41) is 0. The second kappa shape index (κ2) is 21.9. The zero-order chi connectivity index (χ0) is 20.8. The average molecular weight is 516 g/mol. The maximum atomic E-state index is 11.7. The van der Waals surface area contributed by atoms with Crippen molar-refractivity contribution in [2.45, 2.75) is 95.7 Å². The van der Waals surface area contributed by atoms with E-state index in [9.17, 15) is 4.79 Å². The van der Waals surface area contributed by atoms with Crippen LogP contribution in [0.4, 0.5) is 0 Å². The van der Waals surface area contributed by atoms with E-state index in [-0.39, 0.29) is 34.3 Å². The van der Waals surface area contributed by atoms with Crippen molar-refractivity contribution in [1.82, 2.24) is 4.90 Å². The van der Waals surface area contributed by atoms with Gasteiger partial charge in [0, 0.05) is 0 Å². The van der Waals surface area contributed by atoms with Crippen LogP contribution in [0.1, 0.15) is 95.7 Å². The number of ether oxygens (including phenoxy) is 1. The van der Waals surface area contributed by atoms with Crippen LogP contribution in [0, 0.1) is 0 Å². The first-order valence-corrected chi connectivity index (χ1v) is 11.7. The van der Waals surface area contributed by atoms with Gasteiger partial charge in [0.25, 0.3) is 0 Å². The number of esters is 1. The topological polar surface area (TPSA) is 29.5 Å². The fourth-order valence-electron chi connectivity index (χ4n) is 3.00. The SMILES string of the molecule is C.C.C.CC.CC.CC.CC.CN1CC[C@@]2(C=[C]([SnH])C(=O)O2)[C@@H]1c1ccccc1. The predicted octanol–water partition coefficient (Wildman–Crippen LogP) is 7.16. The van der Waals surface area contributed by atoms with Gasteiger partial charge in [-0.05, 0) is 0 Å². The molecule has 1 aromatic rings. The summed E-state index contributed by atoms with van der Waals surface area (Å²) in [4.78, 5) is 14.0. The molecule has 0 unspecified atom stereocenters. The van der Waals surface area contributed by atoms with Crippen molar-refractivity contribution in [1.29, 1.82) is 0 Å². The van der Waals surface area contributed by atoms with Crippen molar-refractivity contribution in [2.75, 3.05) is 13.6 Å². The Hall–Kier alpha value is -0.811. The monoisotopic (exact) mass is 517 g/mol. The molecule has 2 atom stereocenters.